The van der Waals surface area contributed by atoms with Crippen LogP contribution in [0, 0.1) is 6.92 Å². The van der Waals surface area contributed by atoms with Crippen molar-refractivity contribution in [3.8, 4) is 16.8 Å². The summed E-state index contributed by atoms with van der Waals surface area (Å²) in [6.45, 7) is 9.94. The van der Waals surface area contributed by atoms with E-state index in [9.17, 15) is 23.1 Å². The van der Waals surface area contributed by atoms with Gasteiger partial charge < -0.3 is 5.11 Å². The van der Waals surface area contributed by atoms with E-state index in [1.54, 1.807) is 55.5 Å². The Bertz CT molecular complexity index is 2030. The monoisotopic (exact) mass is 609 g/mol. The standard InChI is InChI=1S/C35H35N3O5S/c1-22-9-14-28(15-10-22)38-32(23(2)36-21-44(42,43)29-16-12-27(13-17-29)35(3,4)5)37-31-18-11-25(20-30(31)33(38)39)24-7-6-8-26(19-24)34(40)41/h6-20,23,36H,21H2,1-5H3,(H,40,41). The first kappa shape index (κ1) is 30.8. The van der Waals surface area contributed by atoms with E-state index >= 15 is 0 Å². The third-order valence-corrected chi connectivity index (χ3v) is 9.21. The molecule has 1 aromatic heterocycles. The number of sulfone groups is 1. The van der Waals surface area contributed by atoms with Gasteiger partial charge in [-0.25, -0.2) is 18.2 Å². The number of benzene rings is 4. The number of carboxylic acid groups (broad SMARTS) is 1. The molecular weight excluding hydrogens is 574 g/mol. The van der Waals surface area contributed by atoms with Crippen molar-refractivity contribution in [2.24, 2.45) is 0 Å². The molecule has 0 radical (unpaired) electrons. The molecule has 0 amide bonds. The van der Waals surface area contributed by atoms with Crippen molar-refractivity contribution in [1.29, 1.82) is 0 Å². The smallest absolute Gasteiger partial charge is 0.335 e. The second-order valence-electron chi connectivity index (χ2n) is 12.0. The topological polar surface area (TPSA) is 118 Å². The Morgan fingerprint density at radius 3 is 2.23 bits per heavy atom. The molecule has 0 aliphatic carbocycles. The highest BCUT2D eigenvalue weighted by Crippen LogP contribution is 2.27. The van der Waals surface area contributed by atoms with E-state index in [-0.39, 0.29) is 27.3 Å². The first-order chi connectivity index (χ1) is 20.7. The van der Waals surface area contributed by atoms with Crippen LogP contribution in [0.2, 0.25) is 0 Å². The van der Waals surface area contributed by atoms with Gasteiger partial charge in [0.05, 0.1) is 33.1 Å². The van der Waals surface area contributed by atoms with E-state index in [1.165, 1.54) is 10.6 Å². The van der Waals surface area contributed by atoms with E-state index < -0.39 is 21.8 Å². The van der Waals surface area contributed by atoms with Crippen LogP contribution in [0.3, 0.4) is 0 Å². The van der Waals surface area contributed by atoms with Crippen LogP contribution in [-0.4, -0.2) is 34.9 Å². The molecule has 1 heterocycles. The Kier molecular flexibility index (Phi) is 8.29. The minimum absolute atomic E-state index is 0.0975. The largest absolute Gasteiger partial charge is 0.478 e. The van der Waals surface area contributed by atoms with Crippen LogP contribution in [0.15, 0.2) is 101 Å². The van der Waals surface area contributed by atoms with Crippen LogP contribution in [0.5, 0.6) is 0 Å². The number of nitrogens with zero attached hydrogens (tertiary/aromatic N) is 2. The molecule has 0 aliphatic heterocycles. The van der Waals surface area contributed by atoms with Crippen LogP contribution in [0.25, 0.3) is 27.7 Å². The van der Waals surface area contributed by atoms with Crippen LogP contribution in [0.4, 0.5) is 0 Å². The van der Waals surface area contributed by atoms with Crippen molar-refractivity contribution in [3.63, 3.8) is 0 Å². The lowest BCUT2D eigenvalue weighted by Crippen LogP contribution is -2.32. The summed E-state index contributed by atoms with van der Waals surface area (Å²) in [6, 6.07) is 25.5. The molecule has 0 saturated carbocycles. The number of carboxylic acids is 1. The summed E-state index contributed by atoms with van der Waals surface area (Å²) in [7, 11) is -3.68. The summed E-state index contributed by atoms with van der Waals surface area (Å²) in [6.07, 6.45) is 0. The van der Waals surface area contributed by atoms with Gasteiger partial charge in [0, 0.05) is 0 Å². The van der Waals surface area contributed by atoms with Crippen molar-refractivity contribution in [2.75, 3.05) is 5.88 Å². The maximum absolute atomic E-state index is 14.1. The number of nitrogens with one attached hydrogen (secondary N) is 1. The molecule has 5 rings (SSSR count). The van der Waals surface area contributed by atoms with Crippen LogP contribution >= 0.6 is 0 Å². The molecule has 0 bridgehead atoms. The van der Waals surface area contributed by atoms with E-state index in [2.05, 4.69) is 26.1 Å². The number of aryl methyl sites for hydroxylation is 1. The average Bonchev–Trinajstić information content (AvgIpc) is 3.00. The molecule has 4 aromatic carbocycles. The molecule has 9 heteroatoms. The molecule has 0 saturated heterocycles. The Labute approximate surface area is 257 Å². The number of aromatic nitrogens is 2. The molecule has 0 spiro atoms. The molecule has 226 valence electrons. The summed E-state index contributed by atoms with van der Waals surface area (Å²) < 4.78 is 28.0. The lowest BCUT2D eigenvalue weighted by atomic mass is 9.87. The molecule has 8 nitrogen and oxygen atoms in total. The van der Waals surface area contributed by atoms with Crippen molar-refractivity contribution in [1.82, 2.24) is 14.9 Å². The lowest BCUT2D eigenvalue weighted by molar-refractivity contribution is 0.0697. The second kappa shape index (κ2) is 11.8. The number of aromatic carboxylic acids is 1. The molecule has 0 fully saturated rings. The highest BCUT2D eigenvalue weighted by molar-refractivity contribution is 7.91. The summed E-state index contributed by atoms with van der Waals surface area (Å²) in [5.74, 6) is -1.01. The van der Waals surface area contributed by atoms with Gasteiger partial charge in [-0.2, -0.15) is 0 Å². The van der Waals surface area contributed by atoms with Gasteiger partial charge in [-0.1, -0.05) is 68.8 Å². The molecule has 1 unspecified atom stereocenters. The van der Waals surface area contributed by atoms with Crippen LogP contribution in [0.1, 0.15) is 61.0 Å². The SMILES string of the molecule is Cc1ccc(-n2c(C(C)NCS(=O)(=O)c3ccc(C(C)(C)C)cc3)nc3ccc(-c4cccc(C(=O)O)c4)cc3c2=O)cc1. The first-order valence-corrected chi connectivity index (χ1v) is 15.9. The summed E-state index contributed by atoms with van der Waals surface area (Å²) >= 11 is 0. The lowest BCUT2D eigenvalue weighted by Gasteiger charge is -2.21. The van der Waals surface area contributed by atoms with Crippen molar-refractivity contribution < 1.29 is 18.3 Å². The van der Waals surface area contributed by atoms with Gasteiger partial charge in [0.15, 0.2) is 9.84 Å². The summed E-state index contributed by atoms with van der Waals surface area (Å²) in [5.41, 5.74) is 4.17. The second-order valence-corrected chi connectivity index (χ2v) is 14.0. The third kappa shape index (κ3) is 6.34. The molecular formula is C35H35N3O5S. The summed E-state index contributed by atoms with van der Waals surface area (Å²) in [5, 5.41) is 12.9. The van der Waals surface area contributed by atoms with Crippen LogP contribution in [-0.2, 0) is 15.3 Å². The van der Waals surface area contributed by atoms with E-state index in [0.29, 0.717) is 33.5 Å². The van der Waals surface area contributed by atoms with Crippen LogP contribution < -0.4 is 10.9 Å². The van der Waals surface area contributed by atoms with E-state index in [0.717, 1.165) is 11.1 Å². The molecule has 44 heavy (non-hydrogen) atoms. The minimum Gasteiger partial charge on any atom is -0.478 e. The highest BCUT2D eigenvalue weighted by atomic mass is 32.2. The predicted molar refractivity (Wildman–Crippen MR) is 173 cm³/mol. The minimum atomic E-state index is -3.68. The van der Waals surface area contributed by atoms with Gasteiger partial charge in [-0.3, -0.25) is 14.7 Å². The molecule has 0 aliphatic rings. The molecule has 2 N–H and O–H groups in total. The number of fused-ring (bicyclic) bond motifs is 1. The van der Waals surface area contributed by atoms with Gasteiger partial charge in [-0.15, -0.1) is 0 Å². The highest BCUT2D eigenvalue weighted by Gasteiger charge is 2.22. The van der Waals surface area contributed by atoms with E-state index in [4.69, 9.17) is 4.98 Å². The third-order valence-electron chi connectivity index (χ3n) is 7.68. The molecule has 1 atom stereocenters. The molecule has 5 aromatic rings. The Balaban J connectivity index is 1.54. The number of hydrogen-bond acceptors (Lipinski definition) is 6. The fraction of sp³-hybridized carbons (Fsp3) is 0.229. The zero-order valence-corrected chi connectivity index (χ0v) is 26.1. The van der Waals surface area contributed by atoms with Gasteiger partial charge in [0.25, 0.3) is 5.56 Å². The van der Waals surface area contributed by atoms with Gasteiger partial charge >= 0.3 is 5.97 Å². The Hall–Kier alpha value is -4.60. The summed E-state index contributed by atoms with van der Waals surface area (Å²) in [4.78, 5) is 30.7. The number of hydrogen-bond donors (Lipinski definition) is 2. The number of carbonyl (C=O) groups is 1. The van der Waals surface area contributed by atoms with Gasteiger partial charge in [0.1, 0.15) is 11.7 Å². The fourth-order valence-corrected chi connectivity index (χ4v) is 6.21. The van der Waals surface area contributed by atoms with Gasteiger partial charge in [-0.05, 0) is 84.5 Å². The average molecular weight is 610 g/mol. The van der Waals surface area contributed by atoms with Crippen molar-refractivity contribution >= 4 is 26.7 Å². The zero-order chi connectivity index (χ0) is 31.8. The fourth-order valence-electron chi connectivity index (χ4n) is 5.02. The Morgan fingerprint density at radius 2 is 1.59 bits per heavy atom. The Morgan fingerprint density at radius 1 is 0.932 bits per heavy atom. The quantitative estimate of drug-likeness (QED) is 0.208. The van der Waals surface area contributed by atoms with E-state index in [1.807, 2.05) is 43.3 Å². The van der Waals surface area contributed by atoms with Gasteiger partial charge in [0.2, 0.25) is 0 Å². The van der Waals surface area contributed by atoms with Crippen molar-refractivity contribution in [3.05, 3.63) is 124 Å². The normalized spacial score (nSPS) is 12.8. The maximum atomic E-state index is 14.1. The van der Waals surface area contributed by atoms with Crippen molar-refractivity contribution in [2.45, 2.75) is 51.0 Å². The zero-order valence-electron chi connectivity index (χ0n) is 25.3. The first-order valence-electron chi connectivity index (χ1n) is 14.3. The predicted octanol–water partition coefficient (Wildman–Crippen LogP) is 6.44. The number of rotatable bonds is 8. The maximum Gasteiger partial charge on any atom is 0.335 e.